The van der Waals surface area contributed by atoms with Gasteiger partial charge < -0.3 is 5.32 Å². The van der Waals surface area contributed by atoms with Crippen molar-refractivity contribution in [3.8, 4) is 0 Å². The minimum Gasteiger partial charge on any atom is -0.319 e. The maximum atomic E-state index is 12.1. The lowest BCUT2D eigenvalue weighted by molar-refractivity contribution is -0.385. The zero-order valence-corrected chi connectivity index (χ0v) is 11.2. The SMILES string of the molecule is O=C(Nc1cnccc1Cl)c1cc(Cl)ncc1[N+](=O)[O-]. The summed E-state index contributed by atoms with van der Waals surface area (Å²) < 4.78 is 0. The molecule has 0 spiro atoms. The quantitative estimate of drug-likeness (QED) is 0.533. The van der Waals surface area contributed by atoms with Gasteiger partial charge in [-0.05, 0) is 12.1 Å². The summed E-state index contributed by atoms with van der Waals surface area (Å²) in [5.41, 5.74) is -0.428. The van der Waals surface area contributed by atoms with Crippen molar-refractivity contribution >= 4 is 40.5 Å². The number of nitro groups is 1. The molecule has 1 N–H and O–H groups in total. The predicted molar refractivity (Wildman–Crippen MR) is 73.1 cm³/mol. The molecule has 2 aromatic heterocycles. The van der Waals surface area contributed by atoms with Gasteiger partial charge in [0.15, 0.2) is 0 Å². The maximum Gasteiger partial charge on any atom is 0.300 e. The highest BCUT2D eigenvalue weighted by atomic mass is 35.5. The molecule has 1 amide bonds. The molecular formula is C11H6Cl2N4O3. The molecule has 0 aliphatic carbocycles. The van der Waals surface area contributed by atoms with Crippen molar-refractivity contribution in [1.82, 2.24) is 9.97 Å². The minimum absolute atomic E-state index is 0.0296. The summed E-state index contributed by atoms with van der Waals surface area (Å²) in [6.45, 7) is 0. The Hall–Kier alpha value is -2.25. The van der Waals surface area contributed by atoms with Crippen LogP contribution in [0.3, 0.4) is 0 Å². The van der Waals surface area contributed by atoms with Crippen LogP contribution in [-0.2, 0) is 0 Å². The molecule has 0 radical (unpaired) electrons. The summed E-state index contributed by atoms with van der Waals surface area (Å²) in [5, 5.41) is 13.5. The number of hydrogen-bond acceptors (Lipinski definition) is 5. The van der Waals surface area contributed by atoms with Crippen LogP contribution in [0, 0.1) is 10.1 Å². The van der Waals surface area contributed by atoms with Crippen molar-refractivity contribution in [3.05, 3.63) is 56.6 Å². The summed E-state index contributed by atoms with van der Waals surface area (Å²) in [4.78, 5) is 29.6. The molecule has 2 rings (SSSR count). The smallest absolute Gasteiger partial charge is 0.300 e. The van der Waals surface area contributed by atoms with E-state index in [1.807, 2.05) is 0 Å². The van der Waals surface area contributed by atoms with E-state index in [1.54, 1.807) is 0 Å². The topological polar surface area (TPSA) is 98.0 Å². The molecule has 20 heavy (non-hydrogen) atoms. The molecule has 2 aromatic rings. The number of pyridine rings is 2. The molecule has 0 aliphatic rings. The standard InChI is InChI=1S/C11H6Cl2N4O3/c12-7-1-2-14-4-8(7)16-11(18)6-3-10(13)15-5-9(6)17(19)20/h1-5H,(H,16,18). The summed E-state index contributed by atoms with van der Waals surface area (Å²) in [5.74, 6) is -0.726. The van der Waals surface area contributed by atoms with Gasteiger partial charge in [0.2, 0.25) is 0 Å². The van der Waals surface area contributed by atoms with Gasteiger partial charge in [-0.1, -0.05) is 23.2 Å². The Balaban J connectivity index is 2.37. The molecule has 0 fully saturated rings. The van der Waals surface area contributed by atoms with Crippen LogP contribution in [0.15, 0.2) is 30.7 Å². The number of nitrogens with zero attached hydrogens (tertiary/aromatic N) is 3. The number of anilines is 1. The van der Waals surface area contributed by atoms with Gasteiger partial charge in [-0.3, -0.25) is 19.9 Å². The first-order valence-corrected chi connectivity index (χ1v) is 5.95. The van der Waals surface area contributed by atoms with Gasteiger partial charge in [-0.25, -0.2) is 4.98 Å². The summed E-state index contributed by atoms with van der Waals surface area (Å²) >= 11 is 11.5. The van der Waals surface area contributed by atoms with Gasteiger partial charge in [-0.2, -0.15) is 0 Å². The number of amides is 1. The fraction of sp³-hybridized carbons (Fsp3) is 0. The van der Waals surface area contributed by atoms with Crippen LogP contribution in [0.2, 0.25) is 10.2 Å². The number of halogens is 2. The molecule has 0 unspecified atom stereocenters. The van der Waals surface area contributed by atoms with Crippen LogP contribution in [0.1, 0.15) is 10.4 Å². The van der Waals surface area contributed by atoms with Crippen molar-refractivity contribution in [3.63, 3.8) is 0 Å². The van der Waals surface area contributed by atoms with Crippen LogP contribution < -0.4 is 5.32 Å². The Morgan fingerprint density at radius 3 is 2.75 bits per heavy atom. The number of nitrogens with one attached hydrogen (secondary N) is 1. The van der Waals surface area contributed by atoms with E-state index in [9.17, 15) is 14.9 Å². The summed E-state index contributed by atoms with van der Waals surface area (Å²) in [7, 11) is 0. The van der Waals surface area contributed by atoms with Crippen LogP contribution >= 0.6 is 23.2 Å². The zero-order valence-electron chi connectivity index (χ0n) is 9.71. The lowest BCUT2D eigenvalue weighted by Crippen LogP contribution is -2.14. The highest BCUT2D eigenvalue weighted by Gasteiger charge is 2.22. The zero-order chi connectivity index (χ0) is 14.7. The average Bonchev–Trinajstić information content (AvgIpc) is 2.40. The van der Waals surface area contributed by atoms with E-state index in [1.165, 1.54) is 18.5 Å². The van der Waals surface area contributed by atoms with Crippen LogP contribution in [-0.4, -0.2) is 20.8 Å². The van der Waals surface area contributed by atoms with Gasteiger partial charge in [0.1, 0.15) is 16.9 Å². The number of carbonyl (C=O) groups excluding carboxylic acids is 1. The fourth-order valence-corrected chi connectivity index (χ4v) is 1.72. The van der Waals surface area contributed by atoms with E-state index in [-0.39, 0.29) is 21.4 Å². The first-order valence-electron chi connectivity index (χ1n) is 5.20. The second kappa shape index (κ2) is 5.81. The van der Waals surface area contributed by atoms with Crippen molar-refractivity contribution in [2.45, 2.75) is 0 Å². The normalized spacial score (nSPS) is 10.1. The molecule has 0 aromatic carbocycles. The molecule has 102 valence electrons. The van der Waals surface area contributed by atoms with Gasteiger partial charge in [0.05, 0.1) is 21.8 Å². The van der Waals surface area contributed by atoms with E-state index < -0.39 is 16.5 Å². The fourth-order valence-electron chi connectivity index (χ4n) is 1.41. The van der Waals surface area contributed by atoms with Crippen LogP contribution in [0.25, 0.3) is 0 Å². The van der Waals surface area contributed by atoms with Gasteiger partial charge in [0, 0.05) is 6.20 Å². The monoisotopic (exact) mass is 312 g/mol. The van der Waals surface area contributed by atoms with Crippen molar-refractivity contribution < 1.29 is 9.72 Å². The molecule has 0 atom stereocenters. The molecule has 0 saturated heterocycles. The third-order valence-corrected chi connectivity index (χ3v) is 2.84. The van der Waals surface area contributed by atoms with Crippen molar-refractivity contribution in [1.29, 1.82) is 0 Å². The lowest BCUT2D eigenvalue weighted by atomic mass is 10.2. The van der Waals surface area contributed by atoms with E-state index in [2.05, 4.69) is 15.3 Å². The Kier molecular flexibility index (Phi) is 4.11. The highest BCUT2D eigenvalue weighted by Crippen LogP contribution is 2.24. The third kappa shape index (κ3) is 3.01. The minimum atomic E-state index is -0.726. The molecule has 7 nitrogen and oxygen atoms in total. The third-order valence-electron chi connectivity index (χ3n) is 2.31. The molecule has 2 heterocycles. The average molecular weight is 313 g/mol. The number of aromatic nitrogens is 2. The number of carbonyl (C=O) groups is 1. The van der Waals surface area contributed by atoms with Crippen molar-refractivity contribution in [2.24, 2.45) is 0 Å². The lowest BCUT2D eigenvalue weighted by Gasteiger charge is -2.06. The maximum absolute atomic E-state index is 12.1. The Bertz CT molecular complexity index is 693. The van der Waals surface area contributed by atoms with E-state index in [0.29, 0.717) is 0 Å². The molecular weight excluding hydrogens is 307 g/mol. The Morgan fingerprint density at radius 1 is 1.35 bits per heavy atom. The summed E-state index contributed by atoms with van der Waals surface area (Å²) in [6, 6.07) is 2.59. The molecule has 9 heteroatoms. The van der Waals surface area contributed by atoms with E-state index in [0.717, 1.165) is 12.3 Å². The van der Waals surface area contributed by atoms with E-state index >= 15 is 0 Å². The highest BCUT2D eigenvalue weighted by molar-refractivity contribution is 6.34. The Labute approximate surface area is 122 Å². The largest absolute Gasteiger partial charge is 0.319 e. The van der Waals surface area contributed by atoms with Gasteiger partial charge >= 0.3 is 0 Å². The summed E-state index contributed by atoms with van der Waals surface area (Å²) in [6.07, 6.45) is 3.70. The van der Waals surface area contributed by atoms with Gasteiger partial charge in [-0.15, -0.1) is 0 Å². The first kappa shape index (κ1) is 14.2. The van der Waals surface area contributed by atoms with Gasteiger partial charge in [0.25, 0.3) is 11.6 Å². The molecule has 0 bridgehead atoms. The number of hydrogen-bond donors (Lipinski definition) is 1. The predicted octanol–water partition coefficient (Wildman–Crippen LogP) is 2.94. The number of rotatable bonds is 3. The van der Waals surface area contributed by atoms with E-state index in [4.69, 9.17) is 23.2 Å². The van der Waals surface area contributed by atoms with Crippen molar-refractivity contribution in [2.75, 3.05) is 5.32 Å². The van der Waals surface area contributed by atoms with Crippen LogP contribution in [0.5, 0.6) is 0 Å². The first-order chi connectivity index (χ1) is 9.49. The molecule has 0 aliphatic heterocycles. The second-order valence-electron chi connectivity index (χ2n) is 3.59. The Morgan fingerprint density at radius 2 is 2.10 bits per heavy atom. The second-order valence-corrected chi connectivity index (χ2v) is 4.39. The molecule has 0 saturated carbocycles. The van der Waals surface area contributed by atoms with Crippen LogP contribution in [0.4, 0.5) is 11.4 Å².